The summed E-state index contributed by atoms with van der Waals surface area (Å²) in [5.41, 5.74) is 8.28. The molecule has 94 valence electrons. The number of rotatable bonds is 4. The highest BCUT2D eigenvalue weighted by Gasteiger charge is 2.02. The molecule has 1 heterocycles. The molecule has 0 aliphatic heterocycles. The lowest BCUT2D eigenvalue weighted by molar-refractivity contribution is 0.298. The van der Waals surface area contributed by atoms with E-state index in [0.717, 1.165) is 22.8 Å². The third kappa shape index (κ3) is 2.91. The molecule has 18 heavy (non-hydrogen) atoms. The average Bonchev–Trinajstić information content (AvgIpc) is 2.40. The summed E-state index contributed by atoms with van der Waals surface area (Å²) in [5.74, 6) is 1.55. The number of hydrogen-bond donors (Lipinski definition) is 1. The number of nitrogens with two attached hydrogens (primary N) is 1. The van der Waals surface area contributed by atoms with Crippen molar-refractivity contribution >= 4 is 5.69 Å². The van der Waals surface area contributed by atoms with Gasteiger partial charge in [-0.1, -0.05) is 6.07 Å². The summed E-state index contributed by atoms with van der Waals surface area (Å²) in [5, 5.41) is 0. The number of aromatic nitrogens is 1. The quantitative estimate of drug-likeness (QED) is 0.840. The minimum Gasteiger partial charge on any atom is -0.497 e. The molecule has 0 unspecified atom stereocenters. The van der Waals surface area contributed by atoms with E-state index in [1.54, 1.807) is 19.4 Å². The minimum absolute atomic E-state index is 0.390. The van der Waals surface area contributed by atoms with Gasteiger partial charge in [0.15, 0.2) is 0 Å². The molecule has 2 aromatic rings. The van der Waals surface area contributed by atoms with E-state index in [1.807, 2.05) is 31.2 Å². The lowest BCUT2D eigenvalue weighted by atomic mass is 10.2. The van der Waals surface area contributed by atoms with Gasteiger partial charge < -0.3 is 15.2 Å². The molecule has 0 aliphatic carbocycles. The fourth-order valence-corrected chi connectivity index (χ4v) is 1.59. The Morgan fingerprint density at radius 2 is 2.06 bits per heavy atom. The predicted octanol–water partition coefficient (Wildman–Crippen LogP) is 2.56. The molecule has 4 heteroatoms. The number of hydrogen-bond acceptors (Lipinski definition) is 4. The number of anilines is 1. The van der Waals surface area contributed by atoms with Gasteiger partial charge in [-0.15, -0.1) is 0 Å². The Bertz CT molecular complexity index is 541. The fraction of sp³-hybridized carbons (Fsp3) is 0.214. The molecule has 0 bridgehead atoms. The third-order valence-electron chi connectivity index (χ3n) is 2.61. The average molecular weight is 244 g/mol. The summed E-state index contributed by atoms with van der Waals surface area (Å²) < 4.78 is 10.8. The van der Waals surface area contributed by atoms with E-state index in [9.17, 15) is 0 Å². The second kappa shape index (κ2) is 5.40. The SMILES string of the molecule is COc1ccnc(COc2cc(N)ccc2C)c1. The van der Waals surface area contributed by atoms with Crippen LogP contribution in [0.5, 0.6) is 11.5 Å². The zero-order valence-corrected chi connectivity index (χ0v) is 10.5. The summed E-state index contributed by atoms with van der Waals surface area (Å²) in [7, 11) is 1.63. The topological polar surface area (TPSA) is 57.4 Å². The first kappa shape index (κ1) is 12.2. The van der Waals surface area contributed by atoms with Crippen molar-refractivity contribution in [3.63, 3.8) is 0 Å². The Kier molecular flexibility index (Phi) is 3.67. The summed E-state index contributed by atoms with van der Waals surface area (Å²) in [6.07, 6.45) is 1.70. The van der Waals surface area contributed by atoms with Crippen molar-refractivity contribution in [2.45, 2.75) is 13.5 Å². The first-order chi connectivity index (χ1) is 8.69. The van der Waals surface area contributed by atoms with Crippen LogP contribution in [0.15, 0.2) is 36.5 Å². The van der Waals surface area contributed by atoms with Crippen LogP contribution in [-0.2, 0) is 6.61 Å². The Morgan fingerprint density at radius 3 is 2.83 bits per heavy atom. The van der Waals surface area contributed by atoms with E-state index in [0.29, 0.717) is 12.3 Å². The van der Waals surface area contributed by atoms with Gasteiger partial charge in [-0.3, -0.25) is 4.98 Å². The van der Waals surface area contributed by atoms with Crippen LogP contribution in [0.4, 0.5) is 5.69 Å². The van der Waals surface area contributed by atoms with Gasteiger partial charge in [0.2, 0.25) is 0 Å². The van der Waals surface area contributed by atoms with Crippen molar-refractivity contribution in [3.8, 4) is 11.5 Å². The third-order valence-corrected chi connectivity index (χ3v) is 2.61. The summed E-state index contributed by atoms with van der Waals surface area (Å²) in [6.45, 7) is 2.37. The van der Waals surface area contributed by atoms with Gasteiger partial charge in [0, 0.05) is 24.0 Å². The number of pyridine rings is 1. The minimum atomic E-state index is 0.390. The van der Waals surface area contributed by atoms with Gasteiger partial charge >= 0.3 is 0 Å². The van der Waals surface area contributed by atoms with Gasteiger partial charge in [-0.05, 0) is 24.6 Å². The Balaban J connectivity index is 2.08. The number of aryl methyl sites for hydroxylation is 1. The van der Waals surface area contributed by atoms with Gasteiger partial charge in [0.25, 0.3) is 0 Å². The maximum absolute atomic E-state index is 5.73. The predicted molar refractivity (Wildman–Crippen MR) is 70.7 cm³/mol. The summed E-state index contributed by atoms with van der Waals surface area (Å²) in [4.78, 5) is 4.22. The standard InChI is InChI=1S/C14H16N2O2/c1-10-3-4-11(15)7-14(10)18-9-12-8-13(17-2)5-6-16-12/h3-8H,9,15H2,1-2H3. The number of benzene rings is 1. The maximum Gasteiger partial charge on any atom is 0.130 e. The normalized spacial score (nSPS) is 10.1. The lowest BCUT2D eigenvalue weighted by Gasteiger charge is -2.10. The molecular weight excluding hydrogens is 228 g/mol. The first-order valence-electron chi connectivity index (χ1n) is 5.67. The van der Waals surface area contributed by atoms with Crippen molar-refractivity contribution in [1.82, 2.24) is 4.98 Å². The first-order valence-corrected chi connectivity index (χ1v) is 5.67. The smallest absolute Gasteiger partial charge is 0.130 e. The van der Waals surface area contributed by atoms with Crippen LogP contribution in [-0.4, -0.2) is 12.1 Å². The molecular formula is C14H16N2O2. The number of nitrogen functional groups attached to an aromatic ring is 1. The second-order valence-corrected chi connectivity index (χ2v) is 4.00. The van der Waals surface area contributed by atoms with E-state index >= 15 is 0 Å². The molecule has 1 aromatic heterocycles. The number of nitrogens with zero attached hydrogens (tertiary/aromatic N) is 1. The number of methoxy groups -OCH3 is 1. The van der Waals surface area contributed by atoms with Crippen molar-refractivity contribution in [1.29, 1.82) is 0 Å². The van der Waals surface area contributed by atoms with Crippen LogP contribution in [0, 0.1) is 6.92 Å². The highest BCUT2D eigenvalue weighted by molar-refractivity contribution is 5.47. The molecule has 0 saturated heterocycles. The maximum atomic E-state index is 5.73. The molecule has 4 nitrogen and oxygen atoms in total. The van der Waals surface area contributed by atoms with Crippen LogP contribution in [0.3, 0.4) is 0 Å². The number of ether oxygens (including phenoxy) is 2. The monoisotopic (exact) mass is 244 g/mol. The molecule has 0 amide bonds. The van der Waals surface area contributed by atoms with E-state index in [2.05, 4.69) is 4.98 Å². The van der Waals surface area contributed by atoms with Gasteiger partial charge in [-0.2, -0.15) is 0 Å². The van der Waals surface area contributed by atoms with Gasteiger partial charge in [0.1, 0.15) is 18.1 Å². The van der Waals surface area contributed by atoms with E-state index in [4.69, 9.17) is 15.2 Å². The second-order valence-electron chi connectivity index (χ2n) is 4.00. The zero-order valence-electron chi connectivity index (χ0n) is 10.5. The van der Waals surface area contributed by atoms with Crippen LogP contribution in [0.1, 0.15) is 11.3 Å². The van der Waals surface area contributed by atoms with Crippen molar-refractivity contribution in [2.75, 3.05) is 12.8 Å². The van der Waals surface area contributed by atoms with E-state index in [1.165, 1.54) is 0 Å². The molecule has 0 fully saturated rings. The van der Waals surface area contributed by atoms with E-state index < -0.39 is 0 Å². The molecule has 0 aliphatic rings. The van der Waals surface area contributed by atoms with Crippen LogP contribution in [0.2, 0.25) is 0 Å². The van der Waals surface area contributed by atoms with Crippen LogP contribution in [0.25, 0.3) is 0 Å². The molecule has 1 aromatic carbocycles. The van der Waals surface area contributed by atoms with Crippen molar-refractivity contribution in [3.05, 3.63) is 47.8 Å². The van der Waals surface area contributed by atoms with Crippen molar-refractivity contribution < 1.29 is 9.47 Å². The van der Waals surface area contributed by atoms with Gasteiger partial charge in [-0.25, -0.2) is 0 Å². The highest BCUT2D eigenvalue weighted by atomic mass is 16.5. The molecule has 0 spiro atoms. The molecule has 2 N–H and O–H groups in total. The Hall–Kier alpha value is -2.23. The van der Waals surface area contributed by atoms with Crippen LogP contribution >= 0.6 is 0 Å². The Labute approximate surface area is 106 Å². The molecule has 0 radical (unpaired) electrons. The van der Waals surface area contributed by atoms with Crippen LogP contribution < -0.4 is 15.2 Å². The molecule has 0 atom stereocenters. The van der Waals surface area contributed by atoms with E-state index in [-0.39, 0.29) is 0 Å². The lowest BCUT2D eigenvalue weighted by Crippen LogP contribution is -2.00. The summed E-state index contributed by atoms with van der Waals surface area (Å²) >= 11 is 0. The zero-order chi connectivity index (χ0) is 13.0. The highest BCUT2D eigenvalue weighted by Crippen LogP contribution is 2.22. The largest absolute Gasteiger partial charge is 0.497 e. The molecule has 2 rings (SSSR count). The van der Waals surface area contributed by atoms with Crippen molar-refractivity contribution in [2.24, 2.45) is 0 Å². The fourth-order valence-electron chi connectivity index (χ4n) is 1.59. The summed E-state index contributed by atoms with van der Waals surface area (Å²) in [6, 6.07) is 9.25. The van der Waals surface area contributed by atoms with Gasteiger partial charge in [0.05, 0.1) is 12.8 Å². The molecule has 0 saturated carbocycles. The Morgan fingerprint density at radius 1 is 1.22 bits per heavy atom.